The number of rotatable bonds is 4. The van der Waals surface area contributed by atoms with Crippen molar-refractivity contribution < 1.29 is 8.42 Å². The lowest BCUT2D eigenvalue weighted by Crippen LogP contribution is -2.11. The van der Waals surface area contributed by atoms with Crippen molar-refractivity contribution in [2.75, 3.05) is 0 Å². The van der Waals surface area contributed by atoms with Crippen LogP contribution in [0, 0.1) is 5.92 Å². The summed E-state index contributed by atoms with van der Waals surface area (Å²) in [5.41, 5.74) is 0.746. The predicted molar refractivity (Wildman–Crippen MR) is 88.7 cm³/mol. The molecule has 5 nitrogen and oxygen atoms in total. The quantitative estimate of drug-likeness (QED) is 0.650. The summed E-state index contributed by atoms with van der Waals surface area (Å²) in [5.74, 6) is 0.678. The molecular weight excluding hydrogens is 445 g/mol. The van der Waals surface area contributed by atoms with Gasteiger partial charge in [0.2, 0.25) is 0 Å². The van der Waals surface area contributed by atoms with Gasteiger partial charge in [-0.15, -0.1) is 10.2 Å². The third-order valence-electron chi connectivity index (χ3n) is 2.60. The van der Waals surface area contributed by atoms with Crippen LogP contribution < -0.4 is 0 Å². The van der Waals surface area contributed by atoms with Crippen LogP contribution in [0.1, 0.15) is 13.8 Å². The lowest BCUT2D eigenvalue weighted by atomic mass is 10.2. The molecule has 0 N–H and O–H groups in total. The smallest absolute Gasteiger partial charge is 0.296 e. The Morgan fingerprint density at radius 2 is 1.76 bits per heavy atom. The van der Waals surface area contributed by atoms with Gasteiger partial charge in [-0.2, -0.15) is 0 Å². The Morgan fingerprint density at radius 1 is 1.19 bits per heavy atom. The lowest BCUT2D eigenvalue weighted by molar-refractivity contribution is 0.488. The molecule has 0 saturated carbocycles. The molecule has 1 aromatic carbocycles. The fraction of sp³-hybridized carbons (Fsp3) is 0.333. The van der Waals surface area contributed by atoms with Crippen LogP contribution in [0.3, 0.4) is 0 Å². The van der Waals surface area contributed by atoms with Gasteiger partial charge in [-0.05, 0) is 24.1 Å². The maximum absolute atomic E-state index is 11.6. The first kappa shape index (κ1) is 16.9. The topological polar surface area (TPSA) is 64.8 Å². The van der Waals surface area contributed by atoms with Crippen LogP contribution in [0.15, 0.2) is 32.3 Å². The van der Waals surface area contributed by atoms with Crippen LogP contribution in [-0.2, 0) is 15.6 Å². The van der Waals surface area contributed by atoms with Crippen molar-refractivity contribution in [2.45, 2.75) is 25.5 Å². The minimum Gasteiger partial charge on any atom is -0.297 e. The normalized spacial score (nSPS) is 12.1. The van der Waals surface area contributed by atoms with E-state index in [9.17, 15) is 8.42 Å². The van der Waals surface area contributed by atoms with E-state index < -0.39 is 9.05 Å². The van der Waals surface area contributed by atoms with Gasteiger partial charge in [0.25, 0.3) is 14.2 Å². The lowest BCUT2D eigenvalue weighted by Gasteiger charge is -2.11. The molecule has 0 saturated heterocycles. The zero-order valence-electron chi connectivity index (χ0n) is 11.2. The monoisotopic (exact) mass is 455 g/mol. The molecule has 2 aromatic rings. The van der Waals surface area contributed by atoms with Crippen molar-refractivity contribution in [3.8, 4) is 11.4 Å². The van der Waals surface area contributed by atoms with Crippen molar-refractivity contribution >= 4 is 51.6 Å². The molecule has 0 aliphatic carbocycles. The maximum Gasteiger partial charge on any atom is 0.296 e. The van der Waals surface area contributed by atoms with Crippen molar-refractivity contribution in [3.63, 3.8) is 0 Å². The van der Waals surface area contributed by atoms with E-state index in [2.05, 4.69) is 42.1 Å². The molecule has 0 bridgehead atoms. The first-order valence-corrected chi connectivity index (χ1v) is 9.92. The van der Waals surface area contributed by atoms with Crippen LogP contribution in [0.4, 0.5) is 0 Å². The maximum atomic E-state index is 11.6. The van der Waals surface area contributed by atoms with Crippen LogP contribution in [0.2, 0.25) is 0 Å². The van der Waals surface area contributed by atoms with E-state index in [1.165, 1.54) is 4.57 Å². The molecule has 0 atom stereocenters. The Bertz CT molecular complexity index is 755. The number of hydrogen-bond acceptors (Lipinski definition) is 4. The minimum absolute atomic E-state index is 0.215. The van der Waals surface area contributed by atoms with E-state index in [1.807, 2.05) is 32.0 Å². The van der Waals surface area contributed by atoms with Crippen molar-refractivity contribution in [3.05, 3.63) is 27.1 Å². The predicted octanol–water partition coefficient (Wildman–Crippen LogP) is 4.05. The van der Waals surface area contributed by atoms with E-state index in [0.29, 0.717) is 12.4 Å². The third-order valence-corrected chi connectivity index (χ3v) is 4.67. The van der Waals surface area contributed by atoms with Crippen LogP contribution >= 0.6 is 42.5 Å². The van der Waals surface area contributed by atoms with Crippen LogP contribution in [0.25, 0.3) is 11.4 Å². The first-order chi connectivity index (χ1) is 9.68. The highest BCUT2D eigenvalue weighted by molar-refractivity contribution is 9.11. The highest BCUT2D eigenvalue weighted by Gasteiger charge is 2.24. The average molecular weight is 458 g/mol. The number of aromatic nitrogens is 3. The molecule has 9 heteroatoms. The fourth-order valence-electron chi connectivity index (χ4n) is 1.90. The molecule has 114 valence electrons. The summed E-state index contributed by atoms with van der Waals surface area (Å²) in [6.07, 6.45) is 0. The van der Waals surface area contributed by atoms with E-state index in [4.69, 9.17) is 10.7 Å². The largest absolute Gasteiger partial charge is 0.297 e. The summed E-state index contributed by atoms with van der Waals surface area (Å²) >= 11 is 6.80. The molecule has 0 amide bonds. The van der Waals surface area contributed by atoms with Crippen molar-refractivity contribution in [1.82, 2.24) is 14.8 Å². The van der Waals surface area contributed by atoms with E-state index >= 15 is 0 Å². The van der Waals surface area contributed by atoms with Gasteiger partial charge in [0, 0.05) is 31.7 Å². The molecule has 0 radical (unpaired) electrons. The zero-order valence-corrected chi connectivity index (χ0v) is 16.0. The second-order valence-corrected chi connectivity index (χ2v) is 9.20. The fourth-order valence-corrected chi connectivity index (χ4v) is 4.09. The molecule has 0 aliphatic heterocycles. The van der Waals surface area contributed by atoms with Gasteiger partial charge >= 0.3 is 0 Å². The van der Waals surface area contributed by atoms with Crippen molar-refractivity contribution in [1.29, 1.82) is 0 Å². The number of nitrogens with zero attached hydrogens (tertiary/aromatic N) is 3. The second kappa shape index (κ2) is 6.36. The molecule has 2 rings (SSSR count). The summed E-state index contributed by atoms with van der Waals surface area (Å²) < 4.78 is 26.5. The summed E-state index contributed by atoms with van der Waals surface area (Å²) in [6.45, 7) is 4.41. The standard InChI is InChI=1S/C12H12Br2ClN3O2S/c1-7(2)6-18-11(16-17-12(18)21(15,19)20)8-3-9(13)5-10(14)4-8/h3-5,7H,6H2,1-2H3. The molecule has 1 heterocycles. The Kier molecular flexibility index (Phi) is 5.12. The summed E-state index contributed by atoms with van der Waals surface area (Å²) in [6, 6.07) is 5.57. The van der Waals surface area contributed by atoms with Gasteiger partial charge in [-0.25, -0.2) is 8.42 Å². The Morgan fingerprint density at radius 3 is 2.24 bits per heavy atom. The molecule has 0 fully saturated rings. The number of benzene rings is 1. The summed E-state index contributed by atoms with van der Waals surface area (Å²) in [7, 11) is 1.49. The Balaban J connectivity index is 2.66. The molecule has 0 spiro atoms. The van der Waals surface area contributed by atoms with Gasteiger partial charge in [0.15, 0.2) is 5.82 Å². The molecule has 21 heavy (non-hydrogen) atoms. The molecule has 0 aliphatic rings. The number of halogens is 3. The van der Waals surface area contributed by atoms with Crippen LogP contribution in [-0.4, -0.2) is 23.2 Å². The minimum atomic E-state index is -3.95. The molecule has 0 unspecified atom stereocenters. The summed E-state index contributed by atoms with van der Waals surface area (Å²) in [4.78, 5) is 0. The number of hydrogen-bond donors (Lipinski definition) is 0. The van der Waals surface area contributed by atoms with Gasteiger partial charge in [-0.3, -0.25) is 4.57 Å². The Labute approximate surface area is 144 Å². The zero-order chi connectivity index (χ0) is 15.8. The van der Waals surface area contributed by atoms with E-state index in [1.54, 1.807) is 0 Å². The van der Waals surface area contributed by atoms with Gasteiger partial charge in [-0.1, -0.05) is 45.7 Å². The van der Waals surface area contributed by atoms with Crippen molar-refractivity contribution in [2.24, 2.45) is 5.92 Å². The van der Waals surface area contributed by atoms with E-state index in [0.717, 1.165) is 14.5 Å². The van der Waals surface area contributed by atoms with Gasteiger partial charge < -0.3 is 0 Å². The van der Waals surface area contributed by atoms with Gasteiger partial charge in [0.05, 0.1) is 0 Å². The van der Waals surface area contributed by atoms with Crippen LogP contribution in [0.5, 0.6) is 0 Å². The average Bonchev–Trinajstić information content (AvgIpc) is 2.69. The highest BCUT2D eigenvalue weighted by Crippen LogP contribution is 2.29. The summed E-state index contributed by atoms with van der Waals surface area (Å²) in [5, 5.41) is 7.50. The van der Waals surface area contributed by atoms with Gasteiger partial charge in [0.1, 0.15) is 0 Å². The molecular formula is C12H12Br2ClN3O2S. The third kappa shape index (κ3) is 4.06. The first-order valence-electron chi connectivity index (χ1n) is 6.03. The highest BCUT2D eigenvalue weighted by atomic mass is 79.9. The Hall–Kier alpha value is -0.440. The SMILES string of the molecule is CC(C)Cn1c(-c2cc(Br)cc(Br)c2)nnc1S(=O)(=O)Cl. The van der Waals surface area contributed by atoms with E-state index in [-0.39, 0.29) is 11.1 Å². The molecule has 1 aromatic heterocycles. The second-order valence-electron chi connectivity index (χ2n) is 4.91.